The molecule has 7 heteroatoms. The number of amides is 1. The summed E-state index contributed by atoms with van der Waals surface area (Å²) in [5, 5.41) is 9.64. The van der Waals surface area contributed by atoms with E-state index in [1.165, 1.54) is 37.1 Å². The van der Waals surface area contributed by atoms with E-state index < -0.39 is 0 Å². The second kappa shape index (κ2) is 11.7. The summed E-state index contributed by atoms with van der Waals surface area (Å²) in [5.74, 6) is 0.896. The van der Waals surface area contributed by atoms with Crippen LogP contribution in [0.25, 0.3) is 0 Å². The van der Waals surface area contributed by atoms with Crippen LogP contribution in [0.2, 0.25) is 0 Å². The van der Waals surface area contributed by atoms with E-state index in [1.807, 2.05) is 0 Å². The van der Waals surface area contributed by atoms with Gasteiger partial charge in [0.05, 0.1) is 13.1 Å². The number of guanidine groups is 1. The molecule has 7 nitrogen and oxygen atoms in total. The second-order valence-electron chi connectivity index (χ2n) is 8.79. The van der Waals surface area contributed by atoms with Crippen LogP contribution in [0.15, 0.2) is 53.5 Å². The molecule has 0 saturated carbocycles. The summed E-state index contributed by atoms with van der Waals surface area (Å²) >= 11 is 0. The van der Waals surface area contributed by atoms with Gasteiger partial charge in [0.1, 0.15) is 0 Å². The molecule has 0 bridgehead atoms. The third-order valence-corrected chi connectivity index (χ3v) is 6.19. The molecule has 2 saturated heterocycles. The lowest BCUT2D eigenvalue weighted by atomic mass is 10.1. The molecular weight excluding hydrogens is 412 g/mol. The molecule has 0 aliphatic carbocycles. The number of hydrogen-bond donors (Lipinski definition) is 3. The summed E-state index contributed by atoms with van der Waals surface area (Å²) in [6, 6.07) is 17.2. The lowest BCUT2D eigenvalue weighted by Gasteiger charge is -2.28. The molecule has 3 N–H and O–H groups in total. The Bertz CT molecular complexity index is 919. The van der Waals surface area contributed by atoms with E-state index in [0.717, 1.165) is 43.4 Å². The lowest BCUT2D eigenvalue weighted by molar-refractivity contribution is -0.120. The minimum atomic E-state index is 0.0810. The normalized spacial score (nSPS) is 17.2. The molecule has 0 aromatic heterocycles. The molecule has 2 heterocycles. The maximum atomic E-state index is 11.6. The first-order valence-corrected chi connectivity index (χ1v) is 12.1. The molecule has 0 unspecified atom stereocenters. The number of nitrogens with zero attached hydrogens (tertiary/aromatic N) is 3. The average Bonchev–Trinajstić information content (AvgIpc) is 3.35. The van der Waals surface area contributed by atoms with Crippen molar-refractivity contribution < 1.29 is 4.79 Å². The molecule has 2 aromatic carbocycles. The van der Waals surface area contributed by atoms with Gasteiger partial charge in [-0.25, -0.2) is 4.99 Å². The van der Waals surface area contributed by atoms with Crippen LogP contribution >= 0.6 is 0 Å². The Kier molecular flexibility index (Phi) is 8.19. The molecule has 2 aliphatic heterocycles. The monoisotopic (exact) mass is 448 g/mol. The SMILES string of the molecule is CCNC(=NCc1ccc(N2CCNC(=O)C2)cc1)NCc1ccc(CN2CCCC2)cc1. The number of piperazine rings is 1. The highest BCUT2D eigenvalue weighted by molar-refractivity contribution is 5.82. The topological polar surface area (TPSA) is 72.0 Å². The van der Waals surface area contributed by atoms with Crippen LogP contribution in [0.4, 0.5) is 5.69 Å². The van der Waals surface area contributed by atoms with Gasteiger partial charge in [-0.15, -0.1) is 0 Å². The molecule has 1 amide bonds. The van der Waals surface area contributed by atoms with Gasteiger partial charge < -0.3 is 20.9 Å². The van der Waals surface area contributed by atoms with Gasteiger partial charge in [-0.05, 0) is 61.7 Å². The Labute approximate surface area is 197 Å². The van der Waals surface area contributed by atoms with E-state index in [4.69, 9.17) is 4.99 Å². The van der Waals surface area contributed by atoms with Crippen molar-refractivity contribution in [1.29, 1.82) is 0 Å². The Morgan fingerprint density at radius 1 is 0.939 bits per heavy atom. The summed E-state index contributed by atoms with van der Waals surface area (Å²) in [7, 11) is 0. The number of hydrogen-bond acceptors (Lipinski definition) is 4. The fourth-order valence-electron chi connectivity index (χ4n) is 4.33. The van der Waals surface area contributed by atoms with E-state index in [0.29, 0.717) is 19.6 Å². The number of rotatable bonds is 8. The van der Waals surface area contributed by atoms with Gasteiger partial charge in [-0.3, -0.25) is 9.69 Å². The third kappa shape index (κ3) is 6.96. The van der Waals surface area contributed by atoms with Crippen LogP contribution in [0, 0.1) is 0 Å². The first-order valence-electron chi connectivity index (χ1n) is 12.1. The largest absolute Gasteiger partial charge is 0.360 e. The Balaban J connectivity index is 1.28. The van der Waals surface area contributed by atoms with Gasteiger partial charge >= 0.3 is 0 Å². The second-order valence-corrected chi connectivity index (χ2v) is 8.79. The first-order chi connectivity index (χ1) is 16.2. The zero-order chi connectivity index (χ0) is 22.9. The van der Waals surface area contributed by atoms with Crippen molar-refractivity contribution in [2.45, 2.75) is 39.4 Å². The predicted octanol–water partition coefficient (Wildman–Crippen LogP) is 2.47. The number of carbonyl (C=O) groups is 1. The summed E-state index contributed by atoms with van der Waals surface area (Å²) in [4.78, 5) is 21.0. The fourth-order valence-corrected chi connectivity index (χ4v) is 4.33. The molecule has 2 fully saturated rings. The van der Waals surface area contributed by atoms with Crippen LogP contribution in [0.3, 0.4) is 0 Å². The van der Waals surface area contributed by atoms with Crippen LogP contribution in [-0.4, -0.2) is 56.0 Å². The maximum absolute atomic E-state index is 11.6. The van der Waals surface area contributed by atoms with Gasteiger partial charge in [-0.1, -0.05) is 36.4 Å². The highest BCUT2D eigenvalue weighted by atomic mass is 16.2. The van der Waals surface area contributed by atoms with E-state index in [9.17, 15) is 4.79 Å². The first kappa shape index (κ1) is 23.1. The zero-order valence-electron chi connectivity index (χ0n) is 19.6. The molecule has 0 atom stereocenters. The molecule has 0 radical (unpaired) electrons. The molecular formula is C26H36N6O. The third-order valence-electron chi connectivity index (χ3n) is 6.19. The Hall–Kier alpha value is -3.06. The van der Waals surface area contributed by atoms with Crippen LogP contribution < -0.4 is 20.9 Å². The van der Waals surface area contributed by atoms with Crippen molar-refractivity contribution >= 4 is 17.6 Å². The molecule has 0 spiro atoms. The number of benzene rings is 2. The van der Waals surface area contributed by atoms with E-state index >= 15 is 0 Å². The number of anilines is 1. The van der Waals surface area contributed by atoms with Crippen molar-refractivity contribution in [2.75, 3.05) is 44.2 Å². The highest BCUT2D eigenvalue weighted by Gasteiger charge is 2.16. The number of aliphatic imine (C=N–C) groups is 1. The molecule has 2 aliphatic rings. The Morgan fingerprint density at radius 3 is 2.33 bits per heavy atom. The van der Waals surface area contributed by atoms with E-state index in [-0.39, 0.29) is 5.91 Å². The van der Waals surface area contributed by atoms with Gasteiger partial charge in [0.15, 0.2) is 5.96 Å². The van der Waals surface area contributed by atoms with Crippen molar-refractivity contribution in [3.63, 3.8) is 0 Å². The number of nitrogens with one attached hydrogen (secondary N) is 3. The molecule has 4 rings (SSSR count). The van der Waals surface area contributed by atoms with Crippen LogP contribution in [-0.2, 0) is 24.4 Å². The maximum Gasteiger partial charge on any atom is 0.239 e. The average molecular weight is 449 g/mol. The van der Waals surface area contributed by atoms with E-state index in [2.05, 4.69) is 81.2 Å². The standard InChI is InChI=1S/C26H36N6O/c1-2-27-26(29-17-21-5-7-23(8-6-21)19-31-14-3-4-15-31)30-18-22-9-11-24(12-10-22)32-16-13-28-25(33)20-32/h5-12H,2-4,13-20H2,1H3,(H,28,33)(H2,27,29,30). The van der Waals surface area contributed by atoms with E-state index in [1.54, 1.807) is 0 Å². The lowest BCUT2D eigenvalue weighted by Crippen LogP contribution is -2.47. The van der Waals surface area contributed by atoms with Crippen molar-refractivity contribution in [2.24, 2.45) is 4.99 Å². The van der Waals surface area contributed by atoms with Gasteiger partial charge in [0.2, 0.25) is 5.91 Å². The summed E-state index contributed by atoms with van der Waals surface area (Å²) in [6.45, 7) is 9.71. The Morgan fingerprint density at radius 2 is 1.64 bits per heavy atom. The minimum absolute atomic E-state index is 0.0810. The molecule has 176 valence electrons. The van der Waals surface area contributed by atoms with Gasteiger partial charge in [0, 0.05) is 38.4 Å². The van der Waals surface area contributed by atoms with Crippen molar-refractivity contribution in [1.82, 2.24) is 20.9 Å². The highest BCUT2D eigenvalue weighted by Crippen LogP contribution is 2.17. The summed E-state index contributed by atoms with van der Waals surface area (Å²) in [5.41, 5.74) is 4.86. The summed E-state index contributed by atoms with van der Waals surface area (Å²) < 4.78 is 0. The zero-order valence-corrected chi connectivity index (χ0v) is 19.6. The van der Waals surface area contributed by atoms with Crippen molar-refractivity contribution in [3.05, 3.63) is 65.2 Å². The van der Waals surface area contributed by atoms with Crippen LogP contribution in [0.5, 0.6) is 0 Å². The number of carbonyl (C=O) groups excluding carboxylic acids is 1. The predicted molar refractivity (Wildman–Crippen MR) is 134 cm³/mol. The van der Waals surface area contributed by atoms with Crippen molar-refractivity contribution in [3.8, 4) is 0 Å². The molecule has 33 heavy (non-hydrogen) atoms. The van der Waals surface area contributed by atoms with Gasteiger partial charge in [0.25, 0.3) is 0 Å². The smallest absolute Gasteiger partial charge is 0.239 e. The van der Waals surface area contributed by atoms with Crippen LogP contribution in [0.1, 0.15) is 36.5 Å². The molecule has 2 aromatic rings. The fraction of sp³-hybridized carbons (Fsp3) is 0.462. The summed E-state index contributed by atoms with van der Waals surface area (Å²) in [6.07, 6.45) is 2.66. The minimum Gasteiger partial charge on any atom is -0.360 e. The van der Waals surface area contributed by atoms with Gasteiger partial charge in [-0.2, -0.15) is 0 Å². The quantitative estimate of drug-likeness (QED) is 0.428. The number of likely N-dealkylation sites (tertiary alicyclic amines) is 1.